The van der Waals surface area contributed by atoms with Crippen LogP contribution in [-0.2, 0) is 17.6 Å². The molecular weight excluding hydrogens is 266 g/mol. The molecule has 0 heterocycles. The molecule has 0 aromatic heterocycles. The third-order valence-electron chi connectivity index (χ3n) is 3.19. The molecular formula is C17H17NO3. The van der Waals surface area contributed by atoms with E-state index in [1.165, 1.54) is 0 Å². The minimum atomic E-state index is -0.913. The molecule has 0 aliphatic heterocycles. The Morgan fingerprint density at radius 2 is 1.86 bits per heavy atom. The van der Waals surface area contributed by atoms with Gasteiger partial charge in [0.05, 0.1) is 6.42 Å². The number of benzene rings is 2. The number of aryl methyl sites for hydroxylation is 1. The van der Waals surface area contributed by atoms with Crippen LogP contribution >= 0.6 is 0 Å². The van der Waals surface area contributed by atoms with Gasteiger partial charge in [-0.2, -0.15) is 0 Å². The highest BCUT2D eigenvalue weighted by molar-refractivity contribution is 6.04. The van der Waals surface area contributed by atoms with Gasteiger partial charge in [0.25, 0.3) is 5.91 Å². The first-order chi connectivity index (χ1) is 10.1. The summed E-state index contributed by atoms with van der Waals surface area (Å²) in [6, 6.07) is 14.3. The van der Waals surface area contributed by atoms with Crippen molar-refractivity contribution in [1.82, 2.24) is 0 Å². The lowest BCUT2D eigenvalue weighted by molar-refractivity contribution is -0.136. The Hall–Kier alpha value is -2.62. The average molecular weight is 283 g/mol. The first-order valence-corrected chi connectivity index (χ1v) is 6.80. The molecule has 0 aliphatic rings. The Kier molecular flexibility index (Phi) is 4.72. The Bertz CT molecular complexity index is 665. The number of hydrogen-bond donors (Lipinski definition) is 2. The molecule has 2 aromatic rings. The summed E-state index contributed by atoms with van der Waals surface area (Å²) in [5.74, 6) is -1.15. The molecule has 4 heteroatoms. The molecule has 0 aliphatic carbocycles. The number of carbonyl (C=O) groups excluding carboxylic acids is 1. The van der Waals surface area contributed by atoms with E-state index in [4.69, 9.17) is 5.11 Å². The van der Waals surface area contributed by atoms with Gasteiger partial charge >= 0.3 is 5.97 Å². The van der Waals surface area contributed by atoms with E-state index in [0.29, 0.717) is 11.1 Å². The SMILES string of the molecule is CCc1ccccc1NC(=O)c1cccc(CC(=O)O)c1. The zero-order chi connectivity index (χ0) is 15.2. The van der Waals surface area contributed by atoms with Crippen molar-refractivity contribution in [2.45, 2.75) is 19.8 Å². The molecule has 0 saturated heterocycles. The molecule has 0 fully saturated rings. The standard InChI is InChI=1S/C17H17NO3/c1-2-13-7-3-4-9-15(13)18-17(21)14-8-5-6-12(10-14)11-16(19)20/h3-10H,2,11H2,1H3,(H,18,21)(H,19,20). The third-order valence-corrected chi connectivity index (χ3v) is 3.19. The van der Waals surface area contributed by atoms with Gasteiger partial charge in [-0.15, -0.1) is 0 Å². The number of aliphatic carboxylic acids is 1. The summed E-state index contributed by atoms with van der Waals surface area (Å²) >= 11 is 0. The largest absolute Gasteiger partial charge is 0.481 e. The summed E-state index contributed by atoms with van der Waals surface area (Å²) in [6.45, 7) is 2.03. The lowest BCUT2D eigenvalue weighted by Gasteiger charge is -2.10. The second-order valence-corrected chi connectivity index (χ2v) is 4.74. The normalized spacial score (nSPS) is 10.1. The molecule has 0 radical (unpaired) electrons. The van der Waals surface area contributed by atoms with E-state index >= 15 is 0 Å². The van der Waals surface area contributed by atoms with Crippen LogP contribution in [0.2, 0.25) is 0 Å². The van der Waals surface area contributed by atoms with Gasteiger partial charge in [-0.3, -0.25) is 9.59 Å². The molecule has 1 amide bonds. The van der Waals surface area contributed by atoms with Gasteiger partial charge in [-0.25, -0.2) is 0 Å². The smallest absolute Gasteiger partial charge is 0.307 e. The topological polar surface area (TPSA) is 66.4 Å². The number of nitrogens with one attached hydrogen (secondary N) is 1. The van der Waals surface area contributed by atoms with Gasteiger partial charge in [0.1, 0.15) is 0 Å². The van der Waals surface area contributed by atoms with Crippen molar-refractivity contribution in [3.8, 4) is 0 Å². The Labute approximate surface area is 123 Å². The fourth-order valence-electron chi connectivity index (χ4n) is 2.14. The second-order valence-electron chi connectivity index (χ2n) is 4.74. The fraction of sp³-hybridized carbons (Fsp3) is 0.176. The molecule has 108 valence electrons. The average Bonchev–Trinajstić information content (AvgIpc) is 2.47. The summed E-state index contributed by atoms with van der Waals surface area (Å²) in [5.41, 5.74) is 2.92. The van der Waals surface area contributed by atoms with Crippen molar-refractivity contribution in [2.75, 3.05) is 5.32 Å². The molecule has 0 bridgehead atoms. The highest BCUT2D eigenvalue weighted by Gasteiger charge is 2.09. The molecule has 0 unspecified atom stereocenters. The van der Waals surface area contributed by atoms with Crippen molar-refractivity contribution in [2.24, 2.45) is 0 Å². The van der Waals surface area contributed by atoms with E-state index in [0.717, 1.165) is 17.7 Å². The number of para-hydroxylation sites is 1. The Morgan fingerprint density at radius 3 is 2.57 bits per heavy atom. The number of carboxylic acid groups (broad SMARTS) is 1. The van der Waals surface area contributed by atoms with Crippen molar-refractivity contribution < 1.29 is 14.7 Å². The predicted octanol–water partition coefficient (Wildman–Crippen LogP) is 3.13. The number of carbonyl (C=O) groups is 2. The molecule has 0 spiro atoms. The van der Waals surface area contributed by atoms with Crippen LogP contribution in [0.4, 0.5) is 5.69 Å². The number of carboxylic acids is 1. The van der Waals surface area contributed by atoms with Gasteiger partial charge in [0.2, 0.25) is 0 Å². The third kappa shape index (κ3) is 3.92. The van der Waals surface area contributed by atoms with Crippen LogP contribution < -0.4 is 5.32 Å². The highest BCUT2D eigenvalue weighted by Crippen LogP contribution is 2.17. The van der Waals surface area contributed by atoms with E-state index in [1.807, 2.05) is 31.2 Å². The van der Waals surface area contributed by atoms with E-state index in [1.54, 1.807) is 24.3 Å². The first kappa shape index (κ1) is 14.8. The lowest BCUT2D eigenvalue weighted by atomic mass is 10.1. The van der Waals surface area contributed by atoms with Crippen LogP contribution in [0.1, 0.15) is 28.4 Å². The highest BCUT2D eigenvalue weighted by atomic mass is 16.4. The van der Waals surface area contributed by atoms with E-state index in [9.17, 15) is 9.59 Å². The zero-order valence-corrected chi connectivity index (χ0v) is 11.8. The van der Waals surface area contributed by atoms with Crippen molar-refractivity contribution in [3.63, 3.8) is 0 Å². The molecule has 2 aromatic carbocycles. The summed E-state index contributed by atoms with van der Waals surface area (Å²) < 4.78 is 0. The van der Waals surface area contributed by atoms with Crippen molar-refractivity contribution in [3.05, 3.63) is 65.2 Å². The molecule has 2 N–H and O–H groups in total. The predicted molar refractivity (Wildman–Crippen MR) is 81.6 cm³/mol. The first-order valence-electron chi connectivity index (χ1n) is 6.80. The minimum absolute atomic E-state index is 0.0906. The van der Waals surface area contributed by atoms with Crippen molar-refractivity contribution >= 4 is 17.6 Å². The maximum Gasteiger partial charge on any atom is 0.307 e. The van der Waals surface area contributed by atoms with Gasteiger partial charge in [0, 0.05) is 11.3 Å². The maximum absolute atomic E-state index is 12.3. The number of anilines is 1. The van der Waals surface area contributed by atoms with Gasteiger partial charge in [-0.05, 0) is 35.7 Å². The van der Waals surface area contributed by atoms with Crippen LogP contribution in [0, 0.1) is 0 Å². The summed E-state index contributed by atoms with van der Waals surface area (Å²) in [4.78, 5) is 23.0. The molecule has 21 heavy (non-hydrogen) atoms. The van der Waals surface area contributed by atoms with Crippen molar-refractivity contribution in [1.29, 1.82) is 0 Å². The maximum atomic E-state index is 12.3. The molecule has 0 saturated carbocycles. The fourth-order valence-corrected chi connectivity index (χ4v) is 2.14. The van der Waals surface area contributed by atoms with Gasteiger partial charge < -0.3 is 10.4 Å². The minimum Gasteiger partial charge on any atom is -0.481 e. The molecule has 4 nitrogen and oxygen atoms in total. The Morgan fingerprint density at radius 1 is 1.10 bits per heavy atom. The van der Waals surface area contributed by atoms with Crippen LogP contribution in [0.3, 0.4) is 0 Å². The van der Waals surface area contributed by atoms with Crippen LogP contribution in [0.25, 0.3) is 0 Å². The summed E-state index contributed by atoms with van der Waals surface area (Å²) in [7, 11) is 0. The van der Waals surface area contributed by atoms with Gasteiger partial charge in [-0.1, -0.05) is 37.3 Å². The van der Waals surface area contributed by atoms with E-state index in [-0.39, 0.29) is 12.3 Å². The zero-order valence-electron chi connectivity index (χ0n) is 11.8. The Balaban J connectivity index is 2.18. The summed E-state index contributed by atoms with van der Waals surface area (Å²) in [6.07, 6.45) is 0.738. The van der Waals surface area contributed by atoms with Crippen LogP contribution in [0.5, 0.6) is 0 Å². The van der Waals surface area contributed by atoms with E-state index < -0.39 is 5.97 Å². The summed E-state index contributed by atoms with van der Waals surface area (Å²) in [5, 5.41) is 11.7. The van der Waals surface area contributed by atoms with E-state index in [2.05, 4.69) is 5.32 Å². The van der Waals surface area contributed by atoms with Gasteiger partial charge in [0.15, 0.2) is 0 Å². The van der Waals surface area contributed by atoms with Crippen LogP contribution in [0.15, 0.2) is 48.5 Å². The number of hydrogen-bond acceptors (Lipinski definition) is 2. The number of amides is 1. The van der Waals surface area contributed by atoms with Crippen LogP contribution in [-0.4, -0.2) is 17.0 Å². The molecule has 0 atom stereocenters. The lowest BCUT2D eigenvalue weighted by Crippen LogP contribution is -2.13. The number of rotatable bonds is 5. The quantitative estimate of drug-likeness (QED) is 0.886. The monoisotopic (exact) mass is 283 g/mol. The second kappa shape index (κ2) is 6.70. The molecule has 2 rings (SSSR count).